The molecule has 88 valence electrons. The van der Waals surface area contributed by atoms with Crippen LogP contribution in [0.15, 0.2) is 41.4 Å². The van der Waals surface area contributed by atoms with Gasteiger partial charge in [0.15, 0.2) is 0 Å². The molecule has 0 atom stereocenters. The van der Waals surface area contributed by atoms with E-state index in [9.17, 15) is 5.11 Å². The maximum atomic E-state index is 9.39. The van der Waals surface area contributed by atoms with Crippen molar-refractivity contribution in [2.45, 2.75) is 6.42 Å². The van der Waals surface area contributed by atoms with Crippen molar-refractivity contribution in [2.75, 3.05) is 14.1 Å². The minimum Gasteiger partial charge on any atom is -0.508 e. The summed E-state index contributed by atoms with van der Waals surface area (Å²) in [5, 5.41) is 14.6. The van der Waals surface area contributed by atoms with Crippen molar-refractivity contribution in [3.63, 3.8) is 0 Å². The fraction of sp³-hybridized carbons (Fsp3) is 0.214. The van der Waals surface area contributed by atoms with Gasteiger partial charge in [-0.25, -0.2) is 0 Å². The van der Waals surface area contributed by atoms with E-state index in [0.717, 1.165) is 23.0 Å². The molecule has 0 aromatic heterocycles. The normalized spacial score (nSPS) is 11.8. The lowest BCUT2D eigenvalue weighted by molar-refractivity contribution is 0.476. The first-order valence-electron chi connectivity index (χ1n) is 5.58. The molecule has 0 aliphatic heterocycles. The first kappa shape index (κ1) is 11.5. The summed E-state index contributed by atoms with van der Waals surface area (Å²) in [4.78, 5) is 4.16. The lowest BCUT2D eigenvalue weighted by Crippen LogP contribution is -2.20. The van der Waals surface area contributed by atoms with Crippen LogP contribution in [0.5, 0.6) is 5.75 Å². The van der Waals surface area contributed by atoms with Crippen LogP contribution in [0.3, 0.4) is 0 Å². The number of nitrogens with zero attached hydrogens (tertiary/aromatic N) is 1. The molecule has 2 aromatic rings. The van der Waals surface area contributed by atoms with Crippen molar-refractivity contribution in [2.24, 2.45) is 4.99 Å². The van der Waals surface area contributed by atoms with Crippen molar-refractivity contribution in [1.82, 2.24) is 5.32 Å². The minimum absolute atomic E-state index is 0.302. The quantitative estimate of drug-likeness (QED) is 0.612. The largest absolute Gasteiger partial charge is 0.508 e. The molecule has 0 aliphatic carbocycles. The van der Waals surface area contributed by atoms with Gasteiger partial charge in [-0.3, -0.25) is 4.99 Å². The highest BCUT2D eigenvalue weighted by atomic mass is 16.3. The molecular formula is C14H16N2O. The van der Waals surface area contributed by atoms with Crippen molar-refractivity contribution in [1.29, 1.82) is 0 Å². The molecule has 0 bridgehead atoms. The van der Waals surface area contributed by atoms with E-state index in [1.807, 2.05) is 19.2 Å². The molecule has 0 fully saturated rings. The summed E-state index contributed by atoms with van der Waals surface area (Å²) < 4.78 is 0. The molecule has 0 heterocycles. The molecule has 3 nitrogen and oxygen atoms in total. The van der Waals surface area contributed by atoms with Crippen molar-refractivity contribution in [3.05, 3.63) is 42.0 Å². The Morgan fingerprint density at radius 3 is 2.59 bits per heavy atom. The van der Waals surface area contributed by atoms with Crippen LogP contribution in [-0.4, -0.2) is 25.0 Å². The van der Waals surface area contributed by atoms with Crippen LogP contribution < -0.4 is 5.32 Å². The van der Waals surface area contributed by atoms with Crippen LogP contribution in [0.2, 0.25) is 0 Å². The second-order valence-corrected chi connectivity index (χ2v) is 3.96. The Kier molecular flexibility index (Phi) is 3.28. The standard InChI is InChI=1S/C14H16N2O/c1-15-14(16-2)8-10-3-4-12-9-13(17)6-5-11(12)7-10/h3-7,9,17H,8H2,1-2H3,(H,15,16). The Morgan fingerprint density at radius 1 is 1.18 bits per heavy atom. The molecule has 0 radical (unpaired) electrons. The summed E-state index contributed by atoms with van der Waals surface area (Å²) in [5.41, 5.74) is 1.21. The summed E-state index contributed by atoms with van der Waals surface area (Å²) in [6.07, 6.45) is 0.795. The van der Waals surface area contributed by atoms with E-state index >= 15 is 0 Å². The Balaban J connectivity index is 2.35. The number of hydrogen-bond acceptors (Lipinski definition) is 2. The lowest BCUT2D eigenvalue weighted by Gasteiger charge is -2.06. The molecule has 0 saturated carbocycles. The maximum Gasteiger partial charge on any atom is 0.116 e. The number of benzene rings is 2. The van der Waals surface area contributed by atoms with Gasteiger partial charge in [0.25, 0.3) is 0 Å². The van der Waals surface area contributed by atoms with Crippen LogP contribution in [0.1, 0.15) is 5.56 Å². The predicted molar refractivity (Wildman–Crippen MR) is 71.7 cm³/mol. The number of likely N-dealkylation sites (N-methyl/N-ethyl adjacent to an activating group) is 1. The smallest absolute Gasteiger partial charge is 0.116 e. The number of phenols is 1. The average molecular weight is 228 g/mol. The molecular weight excluding hydrogens is 212 g/mol. The van der Waals surface area contributed by atoms with Gasteiger partial charge < -0.3 is 10.4 Å². The van der Waals surface area contributed by atoms with E-state index in [2.05, 4.69) is 22.4 Å². The molecule has 0 unspecified atom stereocenters. The third kappa shape index (κ3) is 2.56. The van der Waals surface area contributed by atoms with Gasteiger partial charge in [0.2, 0.25) is 0 Å². The van der Waals surface area contributed by atoms with Gasteiger partial charge >= 0.3 is 0 Å². The van der Waals surface area contributed by atoms with E-state index in [-0.39, 0.29) is 0 Å². The lowest BCUT2D eigenvalue weighted by atomic mass is 10.0. The minimum atomic E-state index is 0.302. The number of amidine groups is 1. The summed E-state index contributed by atoms with van der Waals surface area (Å²) in [5.74, 6) is 1.26. The Labute approximate surface area is 101 Å². The van der Waals surface area contributed by atoms with Gasteiger partial charge in [0, 0.05) is 20.5 Å². The van der Waals surface area contributed by atoms with E-state index in [4.69, 9.17) is 0 Å². The van der Waals surface area contributed by atoms with E-state index < -0.39 is 0 Å². The van der Waals surface area contributed by atoms with Gasteiger partial charge in [0.05, 0.1) is 0 Å². The Hall–Kier alpha value is -2.03. The summed E-state index contributed by atoms with van der Waals surface area (Å²) in [7, 11) is 3.66. The number of aliphatic imine (C=N–C) groups is 1. The molecule has 0 saturated heterocycles. The van der Waals surface area contributed by atoms with E-state index in [1.165, 1.54) is 5.56 Å². The van der Waals surface area contributed by atoms with Crippen LogP contribution in [-0.2, 0) is 6.42 Å². The molecule has 2 aromatic carbocycles. The summed E-state index contributed by atoms with van der Waals surface area (Å²) in [6.45, 7) is 0. The van der Waals surface area contributed by atoms with E-state index in [0.29, 0.717) is 5.75 Å². The van der Waals surface area contributed by atoms with Crippen LogP contribution in [0.4, 0.5) is 0 Å². The van der Waals surface area contributed by atoms with Gasteiger partial charge in [-0.15, -0.1) is 0 Å². The SMILES string of the molecule is CN=C(Cc1ccc2cc(O)ccc2c1)NC. The molecule has 0 spiro atoms. The Morgan fingerprint density at radius 2 is 1.88 bits per heavy atom. The fourth-order valence-electron chi connectivity index (χ4n) is 1.87. The highest BCUT2D eigenvalue weighted by Crippen LogP contribution is 2.21. The topological polar surface area (TPSA) is 44.6 Å². The fourth-order valence-corrected chi connectivity index (χ4v) is 1.87. The molecule has 2 rings (SSSR count). The Bertz CT molecular complexity index is 561. The van der Waals surface area contributed by atoms with Gasteiger partial charge in [-0.1, -0.05) is 24.3 Å². The number of phenolic OH excluding ortho intramolecular Hbond substituents is 1. The first-order chi connectivity index (χ1) is 8.22. The number of hydrogen-bond donors (Lipinski definition) is 2. The zero-order valence-corrected chi connectivity index (χ0v) is 10.1. The van der Waals surface area contributed by atoms with Gasteiger partial charge in [-0.2, -0.15) is 0 Å². The summed E-state index contributed by atoms with van der Waals surface area (Å²) in [6, 6.07) is 11.6. The van der Waals surface area contributed by atoms with Crippen LogP contribution in [0.25, 0.3) is 10.8 Å². The zero-order chi connectivity index (χ0) is 12.3. The molecule has 3 heteroatoms. The highest BCUT2D eigenvalue weighted by molar-refractivity contribution is 5.88. The third-order valence-corrected chi connectivity index (χ3v) is 2.82. The average Bonchev–Trinajstić information content (AvgIpc) is 2.36. The number of fused-ring (bicyclic) bond motifs is 1. The molecule has 17 heavy (non-hydrogen) atoms. The number of rotatable bonds is 2. The number of nitrogens with one attached hydrogen (secondary N) is 1. The molecule has 2 N–H and O–H groups in total. The van der Waals surface area contributed by atoms with Crippen LogP contribution in [0, 0.1) is 0 Å². The summed E-state index contributed by atoms with van der Waals surface area (Å²) >= 11 is 0. The predicted octanol–water partition coefficient (Wildman–Crippen LogP) is 2.34. The second kappa shape index (κ2) is 4.87. The second-order valence-electron chi connectivity index (χ2n) is 3.96. The zero-order valence-electron chi connectivity index (χ0n) is 10.1. The third-order valence-electron chi connectivity index (χ3n) is 2.82. The van der Waals surface area contributed by atoms with Crippen LogP contribution >= 0.6 is 0 Å². The highest BCUT2D eigenvalue weighted by Gasteiger charge is 2.01. The van der Waals surface area contributed by atoms with Crippen molar-refractivity contribution < 1.29 is 5.11 Å². The van der Waals surface area contributed by atoms with E-state index in [1.54, 1.807) is 19.2 Å². The van der Waals surface area contributed by atoms with Gasteiger partial charge in [-0.05, 0) is 28.5 Å². The van der Waals surface area contributed by atoms with Gasteiger partial charge in [0.1, 0.15) is 11.6 Å². The first-order valence-corrected chi connectivity index (χ1v) is 5.58. The molecule has 0 aliphatic rings. The van der Waals surface area contributed by atoms with Crippen molar-refractivity contribution in [3.8, 4) is 5.75 Å². The van der Waals surface area contributed by atoms with Crippen molar-refractivity contribution >= 4 is 16.6 Å². The maximum absolute atomic E-state index is 9.39. The molecule has 0 amide bonds. The monoisotopic (exact) mass is 228 g/mol. The number of aromatic hydroxyl groups is 1.